The molecule has 0 aromatic heterocycles. The van der Waals surface area contributed by atoms with Gasteiger partial charge in [-0.05, 0) is 42.3 Å². The van der Waals surface area contributed by atoms with E-state index in [1.54, 1.807) is 31.2 Å². The molecule has 2 N–H and O–H groups in total. The quantitative estimate of drug-likeness (QED) is 0.847. The van der Waals surface area contributed by atoms with E-state index in [2.05, 4.69) is 10.6 Å². The van der Waals surface area contributed by atoms with Crippen molar-refractivity contribution in [3.05, 3.63) is 70.8 Å². The molecule has 0 aliphatic heterocycles. The first-order chi connectivity index (χ1) is 12.2. The molecule has 7 heteroatoms. The molecule has 0 heterocycles. The molecule has 2 aromatic carbocycles. The van der Waals surface area contributed by atoms with Crippen LogP contribution >= 0.6 is 0 Å². The van der Waals surface area contributed by atoms with Crippen LogP contribution in [0.4, 0.5) is 13.2 Å². The third-order valence-corrected chi connectivity index (χ3v) is 3.84. The van der Waals surface area contributed by atoms with Crippen LogP contribution in [0.3, 0.4) is 0 Å². The minimum atomic E-state index is -4.38. The van der Waals surface area contributed by atoms with Crippen molar-refractivity contribution < 1.29 is 22.8 Å². The molecule has 0 spiro atoms. The lowest BCUT2D eigenvalue weighted by Gasteiger charge is -2.16. The van der Waals surface area contributed by atoms with Crippen molar-refractivity contribution >= 4 is 11.8 Å². The van der Waals surface area contributed by atoms with Crippen molar-refractivity contribution in [2.24, 2.45) is 0 Å². The summed E-state index contributed by atoms with van der Waals surface area (Å²) in [6, 6.07) is 11.0. The van der Waals surface area contributed by atoms with Gasteiger partial charge in [-0.25, -0.2) is 0 Å². The van der Waals surface area contributed by atoms with Crippen molar-refractivity contribution in [1.82, 2.24) is 10.6 Å². The van der Waals surface area contributed by atoms with Crippen LogP contribution < -0.4 is 10.6 Å². The van der Waals surface area contributed by atoms with Crippen LogP contribution in [0, 0.1) is 0 Å². The van der Waals surface area contributed by atoms with Gasteiger partial charge in [0.25, 0.3) is 5.91 Å². The third kappa shape index (κ3) is 5.34. The number of hydrogen-bond donors (Lipinski definition) is 2. The summed E-state index contributed by atoms with van der Waals surface area (Å²) >= 11 is 0. The van der Waals surface area contributed by atoms with Gasteiger partial charge in [0.15, 0.2) is 0 Å². The Morgan fingerprint density at radius 1 is 1.00 bits per heavy atom. The van der Waals surface area contributed by atoms with Crippen LogP contribution in [0.5, 0.6) is 0 Å². The molecule has 0 radical (unpaired) electrons. The number of rotatable bonds is 5. The van der Waals surface area contributed by atoms with Crippen molar-refractivity contribution in [1.29, 1.82) is 0 Å². The number of halogens is 3. The molecule has 0 aliphatic rings. The highest BCUT2D eigenvalue weighted by atomic mass is 19.4. The Balaban J connectivity index is 1.99. The number of nitrogens with one attached hydrogen (secondary N) is 2. The van der Waals surface area contributed by atoms with Crippen LogP contribution in [0.1, 0.15) is 46.9 Å². The maximum Gasteiger partial charge on any atom is 0.416 e. The monoisotopic (exact) mass is 364 g/mol. The largest absolute Gasteiger partial charge is 0.416 e. The molecule has 0 fully saturated rings. The van der Waals surface area contributed by atoms with Crippen molar-refractivity contribution in [2.75, 3.05) is 0 Å². The fraction of sp³-hybridized carbons (Fsp3) is 0.263. The summed E-state index contributed by atoms with van der Waals surface area (Å²) in [6.07, 6.45) is -4.38. The molecule has 2 amide bonds. The summed E-state index contributed by atoms with van der Waals surface area (Å²) in [6.45, 7) is 3.50. The first-order valence-electron chi connectivity index (χ1n) is 7.98. The third-order valence-electron chi connectivity index (χ3n) is 3.84. The summed E-state index contributed by atoms with van der Waals surface area (Å²) in [7, 11) is 0. The summed E-state index contributed by atoms with van der Waals surface area (Å²) in [4.78, 5) is 23.2. The second-order valence-corrected chi connectivity index (χ2v) is 5.92. The Morgan fingerprint density at radius 2 is 1.58 bits per heavy atom. The van der Waals surface area contributed by atoms with Gasteiger partial charge in [0.1, 0.15) is 0 Å². The maximum atomic E-state index is 12.6. The summed E-state index contributed by atoms with van der Waals surface area (Å²) in [5.74, 6) is -0.472. The van der Waals surface area contributed by atoms with E-state index >= 15 is 0 Å². The number of amides is 2. The number of hydrogen-bond acceptors (Lipinski definition) is 2. The highest BCUT2D eigenvalue weighted by Gasteiger charge is 2.30. The lowest BCUT2D eigenvalue weighted by molar-refractivity contribution is -0.137. The molecular weight excluding hydrogens is 345 g/mol. The van der Waals surface area contributed by atoms with Gasteiger partial charge >= 0.3 is 6.18 Å². The van der Waals surface area contributed by atoms with Crippen LogP contribution in [0.25, 0.3) is 0 Å². The molecule has 1 unspecified atom stereocenters. The highest BCUT2D eigenvalue weighted by Crippen LogP contribution is 2.29. The van der Waals surface area contributed by atoms with Crippen molar-refractivity contribution in [3.63, 3.8) is 0 Å². The highest BCUT2D eigenvalue weighted by molar-refractivity contribution is 5.94. The Morgan fingerprint density at radius 3 is 2.08 bits per heavy atom. The van der Waals surface area contributed by atoms with E-state index in [9.17, 15) is 22.8 Å². The molecule has 0 saturated heterocycles. The molecule has 4 nitrogen and oxygen atoms in total. The first-order valence-corrected chi connectivity index (χ1v) is 7.98. The van der Waals surface area contributed by atoms with Gasteiger partial charge in [0, 0.05) is 19.0 Å². The standard InChI is InChI=1S/C19H19F3N2O2/c1-12(15-7-9-17(10-8-15)19(20,21)22)24-18(26)16-5-3-14(4-6-16)11-23-13(2)25/h3-10,12H,11H2,1-2H3,(H,23,25)(H,24,26). The van der Waals surface area contributed by atoms with Crippen molar-refractivity contribution in [2.45, 2.75) is 32.6 Å². The van der Waals surface area contributed by atoms with E-state index in [1.807, 2.05) is 0 Å². The fourth-order valence-electron chi connectivity index (χ4n) is 2.32. The molecule has 0 saturated carbocycles. The average molecular weight is 364 g/mol. The van der Waals surface area contributed by atoms with E-state index in [1.165, 1.54) is 19.1 Å². The minimum Gasteiger partial charge on any atom is -0.352 e. The zero-order chi connectivity index (χ0) is 19.3. The van der Waals surface area contributed by atoms with Crippen molar-refractivity contribution in [3.8, 4) is 0 Å². The van der Waals surface area contributed by atoms with Gasteiger partial charge in [-0.3, -0.25) is 9.59 Å². The van der Waals surface area contributed by atoms with E-state index in [0.717, 1.165) is 17.7 Å². The topological polar surface area (TPSA) is 58.2 Å². The summed E-state index contributed by atoms with van der Waals surface area (Å²) in [5, 5.41) is 5.41. The molecule has 0 bridgehead atoms. The Labute approximate surface area is 149 Å². The van der Waals surface area contributed by atoms with E-state index in [0.29, 0.717) is 17.7 Å². The summed E-state index contributed by atoms with van der Waals surface area (Å²) < 4.78 is 37.8. The lowest BCUT2D eigenvalue weighted by atomic mass is 10.0. The zero-order valence-corrected chi connectivity index (χ0v) is 14.4. The Bertz CT molecular complexity index is 769. The summed E-state index contributed by atoms with van der Waals surface area (Å²) in [5.41, 5.74) is 1.13. The van der Waals surface area contributed by atoms with Crippen LogP contribution in [0.15, 0.2) is 48.5 Å². The van der Waals surface area contributed by atoms with E-state index < -0.39 is 17.8 Å². The molecule has 2 rings (SSSR count). The molecule has 1 atom stereocenters. The van der Waals surface area contributed by atoms with Gasteiger partial charge in [0.2, 0.25) is 5.91 Å². The number of carbonyl (C=O) groups is 2. The molecule has 26 heavy (non-hydrogen) atoms. The van der Waals surface area contributed by atoms with Crippen LogP contribution in [0.2, 0.25) is 0 Å². The van der Waals surface area contributed by atoms with Gasteiger partial charge in [-0.1, -0.05) is 24.3 Å². The van der Waals surface area contributed by atoms with Gasteiger partial charge in [0.05, 0.1) is 11.6 Å². The average Bonchev–Trinajstić information content (AvgIpc) is 2.59. The smallest absolute Gasteiger partial charge is 0.352 e. The van der Waals surface area contributed by atoms with Crippen LogP contribution in [-0.2, 0) is 17.5 Å². The Kier molecular flexibility index (Phi) is 6.02. The Hall–Kier alpha value is -2.83. The van der Waals surface area contributed by atoms with Gasteiger partial charge in [-0.15, -0.1) is 0 Å². The second kappa shape index (κ2) is 8.03. The zero-order valence-electron chi connectivity index (χ0n) is 14.4. The molecular formula is C19H19F3N2O2. The predicted octanol–water partition coefficient (Wildman–Crippen LogP) is 3.83. The molecule has 0 aliphatic carbocycles. The predicted molar refractivity (Wildman–Crippen MR) is 91.3 cm³/mol. The normalized spacial score (nSPS) is 12.3. The number of alkyl halides is 3. The fourth-order valence-corrected chi connectivity index (χ4v) is 2.32. The first kappa shape index (κ1) is 19.5. The molecule has 2 aromatic rings. The lowest BCUT2D eigenvalue weighted by Crippen LogP contribution is -2.26. The molecule has 138 valence electrons. The minimum absolute atomic E-state index is 0.141. The number of carbonyl (C=O) groups excluding carboxylic acids is 2. The van der Waals surface area contributed by atoms with Gasteiger partial charge < -0.3 is 10.6 Å². The SMILES string of the molecule is CC(=O)NCc1ccc(C(=O)NC(C)c2ccc(C(F)(F)F)cc2)cc1. The van der Waals surface area contributed by atoms with E-state index in [4.69, 9.17) is 0 Å². The second-order valence-electron chi connectivity index (χ2n) is 5.92. The number of benzene rings is 2. The van der Waals surface area contributed by atoms with Gasteiger partial charge in [-0.2, -0.15) is 13.2 Å². The van der Waals surface area contributed by atoms with Crippen LogP contribution in [-0.4, -0.2) is 11.8 Å². The maximum absolute atomic E-state index is 12.6. The van der Waals surface area contributed by atoms with E-state index in [-0.39, 0.29) is 11.8 Å².